The molecule has 0 rings (SSSR count). The number of rotatable bonds is 35. The number of hydrogen-bond acceptors (Lipinski definition) is 4. The molecule has 248 valence electrons. The Hall–Kier alpha value is 0.0700. The lowest BCUT2D eigenvalue weighted by Gasteiger charge is -2.22. The quantitative estimate of drug-likeness (QED) is 0.0577. The zero-order valence-electron chi connectivity index (χ0n) is 28.2. The van der Waals surface area contributed by atoms with Crippen molar-refractivity contribution in [1.82, 2.24) is 4.90 Å². The molecule has 1 N–H and O–H groups in total. The predicted octanol–water partition coefficient (Wildman–Crippen LogP) is 12.0. The third kappa shape index (κ3) is 32.8. The van der Waals surface area contributed by atoms with E-state index >= 15 is 0 Å². The van der Waals surface area contributed by atoms with E-state index in [1.165, 1.54) is 167 Å². The van der Waals surface area contributed by atoms with Gasteiger partial charge in [0.25, 0.3) is 0 Å². The summed E-state index contributed by atoms with van der Waals surface area (Å²) in [5, 5.41) is 0. The van der Waals surface area contributed by atoms with Crippen LogP contribution in [0.3, 0.4) is 0 Å². The highest BCUT2D eigenvalue weighted by atomic mass is 31.2. The number of nitrogens with zero attached hydrogens (tertiary/aromatic N) is 1. The van der Waals surface area contributed by atoms with Crippen molar-refractivity contribution in [2.45, 2.75) is 194 Å². The van der Waals surface area contributed by atoms with Crippen molar-refractivity contribution in [3.05, 3.63) is 0 Å². The number of phosphoric ester groups is 1. The van der Waals surface area contributed by atoms with Crippen molar-refractivity contribution in [2.75, 3.05) is 32.8 Å². The standard InChI is InChI=1S/C35H74NO4P/c1-4-7-10-13-16-21-26-31-36(32-27-22-17-14-11-8-5-2)33-28-23-18-20-25-30-35-40-41(37,38)39-34-29-24-19-15-12-9-6-3/h4-35H2,1-3H3,(H,37,38). The smallest absolute Gasteiger partial charge is 0.303 e. The van der Waals surface area contributed by atoms with Gasteiger partial charge in [-0.05, 0) is 51.7 Å². The SMILES string of the molecule is CCCCCCCCCOP(=O)(O)OCCCCCCCCN(CCCCCCCCC)CCCCCCCCC. The molecule has 0 aliphatic rings. The van der Waals surface area contributed by atoms with Gasteiger partial charge >= 0.3 is 7.82 Å². The van der Waals surface area contributed by atoms with Gasteiger partial charge in [0, 0.05) is 0 Å². The van der Waals surface area contributed by atoms with E-state index in [0.717, 1.165) is 25.7 Å². The van der Waals surface area contributed by atoms with Crippen LogP contribution in [0.1, 0.15) is 194 Å². The summed E-state index contributed by atoms with van der Waals surface area (Å²) in [4.78, 5) is 12.6. The lowest BCUT2D eigenvalue weighted by Crippen LogP contribution is -2.27. The summed E-state index contributed by atoms with van der Waals surface area (Å²) in [6, 6.07) is 0. The summed E-state index contributed by atoms with van der Waals surface area (Å²) in [5.41, 5.74) is 0. The van der Waals surface area contributed by atoms with Gasteiger partial charge in [-0.2, -0.15) is 0 Å². The van der Waals surface area contributed by atoms with Crippen LogP contribution in [0.15, 0.2) is 0 Å². The Morgan fingerprint density at radius 3 is 0.951 bits per heavy atom. The zero-order valence-corrected chi connectivity index (χ0v) is 29.1. The van der Waals surface area contributed by atoms with Crippen molar-refractivity contribution in [2.24, 2.45) is 0 Å². The minimum atomic E-state index is -3.88. The average Bonchev–Trinajstić information content (AvgIpc) is 2.96. The lowest BCUT2D eigenvalue weighted by atomic mass is 10.1. The van der Waals surface area contributed by atoms with Crippen molar-refractivity contribution >= 4 is 7.82 Å². The highest BCUT2D eigenvalue weighted by molar-refractivity contribution is 7.47. The fraction of sp³-hybridized carbons (Fsp3) is 1.00. The van der Waals surface area contributed by atoms with Gasteiger partial charge in [-0.15, -0.1) is 0 Å². The molecule has 0 aromatic rings. The van der Waals surface area contributed by atoms with Crippen molar-refractivity contribution < 1.29 is 18.5 Å². The van der Waals surface area contributed by atoms with Gasteiger partial charge in [0.05, 0.1) is 13.2 Å². The molecule has 0 radical (unpaired) electrons. The highest BCUT2D eigenvalue weighted by Crippen LogP contribution is 2.43. The van der Waals surface area contributed by atoms with Gasteiger partial charge in [-0.3, -0.25) is 9.05 Å². The average molecular weight is 604 g/mol. The fourth-order valence-electron chi connectivity index (χ4n) is 5.52. The van der Waals surface area contributed by atoms with Crippen molar-refractivity contribution in [3.8, 4) is 0 Å². The van der Waals surface area contributed by atoms with E-state index in [0.29, 0.717) is 13.2 Å². The Morgan fingerprint density at radius 1 is 0.415 bits per heavy atom. The van der Waals surface area contributed by atoms with Crippen LogP contribution in [0.5, 0.6) is 0 Å². The molecule has 0 aromatic carbocycles. The van der Waals surface area contributed by atoms with E-state index in [4.69, 9.17) is 9.05 Å². The summed E-state index contributed by atoms with van der Waals surface area (Å²) >= 11 is 0. The highest BCUT2D eigenvalue weighted by Gasteiger charge is 2.19. The van der Waals surface area contributed by atoms with Crippen LogP contribution in [0.4, 0.5) is 0 Å². The predicted molar refractivity (Wildman–Crippen MR) is 180 cm³/mol. The van der Waals surface area contributed by atoms with Gasteiger partial charge in [0.15, 0.2) is 0 Å². The molecule has 1 atom stereocenters. The third-order valence-corrected chi connectivity index (χ3v) is 9.30. The first-order valence-corrected chi connectivity index (χ1v) is 19.9. The second-order valence-corrected chi connectivity index (χ2v) is 13.9. The van der Waals surface area contributed by atoms with Gasteiger partial charge in [0.2, 0.25) is 0 Å². The molecule has 0 aliphatic heterocycles. The molecule has 0 heterocycles. The Morgan fingerprint density at radius 2 is 0.659 bits per heavy atom. The molecule has 0 fully saturated rings. The van der Waals surface area contributed by atoms with E-state index in [1.807, 2.05) is 0 Å². The van der Waals surface area contributed by atoms with E-state index in [2.05, 4.69) is 25.7 Å². The summed E-state index contributed by atoms with van der Waals surface area (Å²) in [7, 11) is -3.88. The normalized spacial score (nSPS) is 13.3. The number of hydrogen-bond donors (Lipinski definition) is 1. The zero-order chi connectivity index (χ0) is 30.1. The van der Waals surface area contributed by atoms with Gasteiger partial charge < -0.3 is 9.79 Å². The van der Waals surface area contributed by atoms with E-state index in [1.54, 1.807) is 0 Å². The van der Waals surface area contributed by atoms with Gasteiger partial charge in [0.1, 0.15) is 0 Å². The first-order chi connectivity index (χ1) is 20.1. The first-order valence-electron chi connectivity index (χ1n) is 18.4. The molecule has 0 saturated carbocycles. The molecular weight excluding hydrogens is 529 g/mol. The minimum absolute atomic E-state index is 0.315. The topological polar surface area (TPSA) is 59.0 Å². The maximum Gasteiger partial charge on any atom is 0.472 e. The summed E-state index contributed by atoms with van der Waals surface area (Å²) < 4.78 is 22.4. The monoisotopic (exact) mass is 604 g/mol. The third-order valence-electron chi connectivity index (χ3n) is 8.28. The molecule has 0 aliphatic carbocycles. The van der Waals surface area contributed by atoms with Crippen molar-refractivity contribution in [1.29, 1.82) is 0 Å². The molecule has 0 aromatic heterocycles. The Labute approximate surface area is 257 Å². The molecule has 41 heavy (non-hydrogen) atoms. The van der Waals surface area contributed by atoms with Crippen molar-refractivity contribution in [3.63, 3.8) is 0 Å². The second-order valence-electron chi connectivity index (χ2n) is 12.5. The van der Waals surface area contributed by atoms with Gasteiger partial charge in [-0.1, -0.05) is 162 Å². The summed E-state index contributed by atoms with van der Waals surface area (Å²) in [6.07, 6.45) is 34.5. The maximum absolute atomic E-state index is 12.0. The van der Waals surface area contributed by atoms with Crippen LogP contribution in [0, 0.1) is 0 Å². The molecule has 0 saturated heterocycles. The summed E-state index contributed by atoms with van der Waals surface area (Å²) in [5.74, 6) is 0. The summed E-state index contributed by atoms with van der Waals surface area (Å²) in [6.45, 7) is 11.2. The molecule has 0 amide bonds. The van der Waals surface area contributed by atoms with Crippen LogP contribution in [0.25, 0.3) is 0 Å². The largest absolute Gasteiger partial charge is 0.472 e. The van der Waals surface area contributed by atoms with Crippen LogP contribution < -0.4 is 0 Å². The van der Waals surface area contributed by atoms with E-state index < -0.39 is 7.82 Å². The van der Waals surface area contributed by atoms with E-state index in [9.17, 15) is 9.46 Å². The van der Waals surface area contributed by atoms with Crippen LogP contribution in [-0.2, 0) is 13.6 Å². The van der Waals surface area contributed by atoms with Crippen LogP contribution in [0.2, 0.25) is 0 Å². The lowest BCUT2D eigenvalue weighted by molar-refractivity contribution is 0.145. The number of phosphoric acid groups is 1. The second kappa shape index (κ2) is 33.0. The molecular formula is C35H74NO4P. The van der Waals surface area contributed by atoms with Crippen LogP contribution >= 0.6 is 7.82 Å². The van der Waals surface area contributed by atoms with E-state index in [-0.39, 0.29) is 0 Å². The molecule has 6 heteroatoms. The maximum atomic E-state index is 12.0. The van der Waals surface area contributed by atoms with Crippen LogP contribution in [-0.4, -0.2) is 42.6 Å². The van der Waals surface area contributed by atoms with Gasteiger partial charge in [-0.25, -0.2) is 4.57 Å². The Bertz CT molecular complexity index is 530. The fourth-order valence-corrected chi connectivity index (χ4v) is 6.32. The Kier molecular flexibility index (Phi) is 33.0. The molecule has 0 bridgehead atoms. The minimum Gasteiger partial charge on any atom is -0.303 e. The number of unbranched alkanes of at least 4 members (excludes halogenated alkanes) is 23. The molecule has 1 unspecified atom stereocenters. The Balaban J connectivity index is 3.86. The molecule has 0 spiro atoms. The molecule has 5 nitrogen and oxygen atoms in total. The first kappa shape index (κ1) is 41.1.